The average molecular weight is 350 g/mol. The molecule has 0 atom stereocenters. The fraction of sp³-hybridized carbons (Fsp3) is 0.500. The highest BCUT2D eigenvalue weighted by Crippen LogP contribution is 2.23. The molecule has 1 aromatic rings. The van der Waals surface area contributed by atoms with Gasteiger partial charge in [-0.25, -0.2) is 0 Å². The van der Waals surface area contributed by atoms with Gasteiger partial charge >= 0.3 is 0 Å². The Kier molecular flexibility index (Phi) is 8.30. The van der Waals surface area contributed by atoms with Crippen LogP contribution in [0.25, 0.3) is 0 Å². The van der Waals surface area contributed by atoms with Crippen LogP contribution >= 0.6 is 28.3 Å². The Morgan fingerprint density at radius 2 is 1.89 bits per heavy atom. The van der Waals surface area contributed by atoms with Gasteiger partial charge in [0.25, 0.3) is 0 Å². The van der Waals surface area contributed by atoms with Gasteiger partial charge in [0, 0.05) is 22.9 Å². The molecule has 1 amide bonds. The first kappa shape index (κ1) is 18.4. The van der Waals surface area contributed by atoms with Crippen molar-refractivity contribution in [3.8, 4) is 0 Å². The second-order valence-electron chi connectivity index (χ2n) is 5.06. The second-order valence-corrected chi connectivity index (χ2v) is 5.98. The first-order chi connectivity index (χ1) is 8.45. The normalized spacial score (nSPS) is 10.7. The van der Waals surface area contributed by atoms with E-state index in [9.17, 15) is 4.79 Å². The highest BCUT2D eigenvalue weighted by molar-refractivity contribution is 9.10. The number of rotatable bonds is 6. The molecule has 0 aliphatic heterocycles. The zero-order chi connectivity index (χ0) is 13.6. The van der Waals surface area contributed by atoms with Crippen molar-refractivity contribution in [2.45, 2.75) is 32.1 Å². The summed E-state index contributed by atoms with van der Waals surface area (Å²) in [5.41, 5.74) is 6.52. The van der Waals surface area contributed by atoms with Gasteiger partial charge in [-0.2, -0.15) is 0 Å². The largest absolute Gasteiger partial charge is 0.355 e. The van der Waals surface area contributed by atoms with E-state index in [0.29, 0.717) is 19.5 Å². The van der Waals surface area contributed by atoms with Crippen LogP contribution in [0.5, 0.6) is 0 Å². The Hall–Kier alpha value is -0.580. The number of nitrogens with one attached hydrogen (secondary N) is 1. The maximum atomic E-state index is 11.6. The molecule has 1 aromatic carbocycles. The molecular weight excluding hydrogens is 328 g/mol. The Labute approximate surface area is 129 Å². The average Bonchev–Trinajstić information content (AvgIpc) is 2.34. The van der Waals surface area contributed by atoms with Crippen molar-refractivity contribution in [1.82, 2.24) is 5.32 Å². The topological polar surface area (TPSA) is 55.1 Å². The maximum absolute atomic E-state index is 11.6. The molecule has 0 aliphatic rings. The van der Waals surface area contributed by atoms with Crippen molar-refractivity contribution in [1.29, 1.82) is 0 Å². The standard InChI is InChI=1S/C14H21BrN2O.ClH/c1-14(2,10-17-13(18)4-3-9-16)11-5-7-12(15)8-6-11;/h5-8H,3-4,9-10,16H2,1-2H3,(H,17,18);1H. The minimum absolute atomic E-state index is 0. The molecule has 3 N–H and O–H groups in total. The lowest BCUT2D eigenvalue weighted by Crippen LogP contribution is -2.36. The van der Waals surface area contributed by atoms with E-state index in [1.165, 1.54) is 5.56 Å². The monoisotopic (exact) mass is 348 g/mol. The van der Waals surface area contributed by atoms with Gasteiger partial charge in [0.1, 0.15) is 0 Å². The molecule has 0 unspecified atom stereocenters. The van der Waals surface area contributed by atoms with Crippen molar-refractivity contribution in [2.24, 2.45) is 5.73 Å². The van der Waals surface area contributed by atoms with Crippen LogP contribution in [0.15, 0.2) is 28.7 Å². The van der Waals surface area contributed by atoms with Crippen LogP contribution in [0, 0.1) is 0 Å². The van der Waals surface area contributed by atoms with Gasteiger partial charge in [-0.05, 0) is 30.7 Å². The molecule has 0 bridgehead atoms. The summed E-state index contributed by atoms with van der Waals surface area (Å²) in [5.74, 6) is 0.0747. The van der Waals surface area contributed by atoms with Crippen LogP contribution in [0.4, 0.5) is 0 Å². The molecule has 0 aliphatic carbocycles. The minimum atomic E-state index is -0.0704. The summed E-state index contributed by atoms with van der Waals surface area (Å²) < 4.78 is 1.06. The zero-order valence-electron chi connectivity index (χ0n) is 11.4. The lowest BCUT2D eigenvalue weighted by molar-refractivity contribution is -0.121. The third-order valence-electron chi connectivity index (χ3n) is 2.96. The highest BCUT2D eigenvalue weighted by Gasteiger charge is 2.21. The molecule has 0 saturated carbocycles. The van der Waals surface area contributed by atoms with E-state index in [1.54, 1.807) is 0 Å². The van der Waals surface area contributed by atoms with Gasteiger partial charge < -0.3 is 11.1 Å². The molecule has 0 fully saturated rings. The van der Waals surface area contributed by atoms with Crippen LogP contribution in [-0.4, -0.2) is 19.0 Å². The summed E-state index contributed by atoms with van der Waals surface area (Å²) in [6.45, 7) is 5.44. The summed E-state index contributed by atoms with van der Waals surface area (Å²) in [6.07, 6.45) is 1.25. The van der Waals surface area contributed by atoms with E-state index in [-0.39, 0.29) is 23.7 Å². The molecule has 0 heterocycles. The quantitative estimate of drug-likeness (QED) is 0.829. The highest BCUT2D eigenvalue weighted by atomic mass is 79.9. The van der Waals surface area contributed by atoms with E-state index in [1.807, 2.05) is 12.1 Å². The maximum Gasteiger partial charge on any atom is 0.220 e. The van der Waals surface area contributed by atoms with E-state index in [0.717, 1.165) is 10.9 Å². The Bertz CT molecular complexity index is 393. The molecule has 5 heteroatoms. The summed E-state index contributed by atoms with van der Waals surface area (Å²) in [7, 11) is 0. The summed E-state index contributed by atoms with van der Waals surface area (Å²) in [6, 6.07) is 8.20. The zero-order valence-corrected chi connectivity index (χ0v) is 13.8. The number of hydrogen-bond acceptors (Lipinski definition) is 2. The fourth-order valence-corrected chi connectivity index (χ4v) is 1.94. The van der Waals surface area contributed by atoms with Gasteiger partial charge in [0.2, 0.25) is 5.91 Å². The lowest BCUT2D eigenvalue weighted by atomic mass is 9.84. The van der Waals surface area contributed by atoms with Crippen LogP contribution in [-0.2, 0) is 10.2 Å². The molecule has 19 heavy (non-hydrogen) atoms. The van der Waals surface area contributed by atoms with Crippen LogP contribution < -0.4 is 11.1 Å². The smallest absolute Gasteiger partial charge is 0.220 e. The van der Waals surface area contributed by atoms with Crippen molar-refractivity contribution in [2.75, 3.05) is 13.1 Å². The lowest BCUT2D eigenvalue weighted by Gasteiger charge is -2.25. The molecule has 0 aromatic heterocycles. The molecule has 108 valence electrons. The first-order valence-corrected chi connectivity index (χ1v) is 6.98. The minimum Gasteiger partial charge on any atom is -0.355 e. The van der Waals surface area contributed by atoms with Crippen molar-refractivity contribution in [3.63, 3.8) is 0 Å². The first-order valence-electron chi connectivity index (χ1n) is 6.18. The van der Waals surface area contributed by atoms with Gasteiger partial charge in [-0.15, -0.1) is 12.4 Å². The predicted octanol–water partition coefficient (Wildman–Crippen LogP) is 3.00. The Morgan fingerprint density at radius 1 is 1.32 bits per heavy atom. The van der Waals surface area contributed by atoms with Gasteiger partial charge in [-0.1, -0.05) is 41.9 Å². The van der Waals surface area contributed by atoms with E-state index < -0.39 is 0 Å². The van der Waals surface area contributed by atoms with Crippen LogP contribution in [0.1, 0.15) is 32.3 Å². The number of carbonyl (C=O) groups is 1. The Balaban J connectivity index is 0.00000324. The van der Waals surface area contributed by atoms with Crippen molar-refractivity contribution < 1.29 is 4.79 Å². The van der Waals surface area contributed by atoms with Crippen molar-refractivity contribution in [3.05, 3.63) is 34.3 Å². The SMILES string of the molecule is CC(C)(CNC(=O)CCCN)c1ccc(Br)cc1.Cl. The molecule has 0 radical (unpaired) electrons. The Morgan fingerprint density at radius 3 is 2.42 bits per heavy atom. The molecule has 0 spiro atoms. The second kappa shape index (κ2) is 8.56. The number of hydrogen-bond donors (Lipinski definition) is 2. The van der Waals surface area contributed by atoms with E-state index in [2.05, 4.69) is 47.2 Å². The van der Waals surface area contributed by atoms with Crippen LogP contribution in [0.3, 0.4) is 0 Å². The van der Waals surface area contributed by atoms with E-state index in [4.69, 9.17) is 5.73 Å². The summed E-state index contributed by atoms with van der Waals surface area (Å²) >= 11 is 3.42. The third kappa shape index (κ3) is 6.41. The number of nitrogens with two attached hydrogens (primary N) is 1. The molecule has 3 nitrogen and oxygen atoms in total. The third-order valence-corrected chi connectivity index (χ3v) is 3.49. The van der Waals surface area contributed by atoms with Crippen molar-refractivity contribution >= 4 is 34.2 Å². The number of amides is 1. The molecular formula is C14H22BrClN2O. The fourth-order valence-electron chi connectivity index (χ4n) is 1.67. The van der Waals surface area contributed by atoms with Crippen LogP contribution in [0.2, 0.25) is 0 Å². The molecule has 0 saturated heterocycles. The molecule has 1 rings (SSSR count). The van der Waals surface area contributed by atoms with Gasteiger partial charge in [0.05, 0.1) is 0 Å². The number of halogens is 2. The van der Waals surface area contributed by atoms with Gasteiger partial charge in [0.15, 0.2) is 0 Å². The predicted molar refractivity (Wildman–Crippen MR) is 85.7 cm³/mol. The van der Waals surface area contributed by atoms with Gasteiger partial charge in [-0.3, -0.25) is 4.79 Å². The number of benzene rings is 1. The van der Waals surface area contributed by atoms with E-state index >= 15 is 0 Å². The summed E-state index contributed by atoms with van der Waals surface area (Å²) in [5, 5.41) is 2.96. The number of carbonyl (C=O) groups excluding carboxylic acids is 1. The summed E-state index contributed by atoms with van der Waals surface area (Å²) in [4.78, 5) is 11.6.